The summed E-state index contributed by atoms with van der Waals surface area (Å²) in [5.41, 5.74) is 7.37. The predicted molar refractivity (Wildman–Crippen MR) is 71.3 cm³/mol. The largest absolute Gasteiger partial charge is 0.496 e. The van der Waals surface area contributed by atoms with Crippen LogP contribution in [0.1, 0.15) is 30.0 Å². The monoisotopic (exact) mass is 271 g/mol. The highest BCUT2D eigenvalue weighted by Gasteiger charge is 2.31. The molecule has 0 aromatic heterocycles. The third kappa shape index (κ3) is 2.76. The number of carbonyl (C=O) groups is 1. The van der Waals surface area contributed by atoms with E-state index < -0.39 is 11.5 Å². The second kappa shape index (κ2) is 5.16. The topological polar surface area (TPSA) is 72.5 Å². The molecule has 100 valence electrons. The Bertz CT molecular complexity index is 484. The number of nitrogens with two attached hydrogens (primary N) is 1. The minimum atomic E-state index is -1.03. The van der Waals surface area contributed by atoms with Gasteiger partial charge in [-0.3, -0.25) is 4.79 Å². The number of halogens is 1. The van der Waals surface area contributed by atoms with Gasteiger partial charge in [-0.05, 0) is 38.0 Å². The van der Waals surface area contributed by atoms with Crippen molar-refractivity contribution in [2.75, 3.05) is 7.11 Å². The molecular weight excluding hydrogens is 254 g/mol. The normalized spacial score (nSPS) is 14.1. The van der Waals surface area contributed by atoms with Crippen LogP contribution in [0.3, 0.4) is 0 Å². The van der Waals surface area contributed by atoms with Crippen LogP contribution in [0.4, 0.5) is 0 Å². The molecule has 4 nitrogen and oxygen atoms in total. The number of carboxylic acids is 1. The van der Waals surface area contributed by atoms with Crippen LogP contribution >= 0.6 is 11.6 Å². The van der Waals surface area contributed by atoms with Gasteiger partial charge in [-0.1, -0.05) is 11.6 Å². The maximum absolute atomic E-state index is 10.9. The molecule has 0 saturated carbocycles. The lowest BCUT2D eigenvalue weighted by Crippen LogP contribution is -2.37. The van der Waals surface area contributed by atoms with Gasteiger partial charge in [0.2, 0.25) is 0 Å². The van der Waals surface area contributed by atoms with Gasteiger partial charge in [-0.15, -0.1) is 0 Å². The molecule has 1 unspecified atom stereocenters. The average Bonchev–Trinajstić information content (AvgIpc) is 2.22. The van der Waals surface area contributed by atoms with E-state index >= 15 is 0 Å². The van der Waals surface area contributed by atoms with E-state index in [1.165, 1.54) is 7.11 Å². The van der Waals surface area contributed by atoms with Gasteiger partial charge in [0, 0.05) is 10.6 Å². The van der Waals surface area contributed by atoms with Crippen LogP contribution in [0.15, 0.2) is 6.07 Å². The van der Waals surface area contributed by atoms with E-state index in [1.54, 1.807) is 13.0 Å². The zero-order valence-corrected chi connectivity index (χ0v) is 11.8. The molecule has 0 aliphatic rings. The van der Waals surface area contributed by atoms with Crippen molar-refractivity contribution in [3.05, 3.63) is 27.8 Å². The van der Waals surface area contributed by atoms with Crippen LogP contribution in [-0.2, 0) is 10.3 Å². The Hall–Kier alpha value is -1.26. The molecule has 0 saturated heterocycles. The van der Waals surface area contributed by atoms with Crippen molar-refractivity contribution >= 4 is 17.6 Å². The average molecular weight is 272 g/mol. The third-order valence-corrected chi connectivity index (χ3v) is 3.54. The summed E-state index contributed by atoms with van der Waals surface area (Å²) in [4.78, 5) is 10.9. The summed E-state index contributed by atoms with van der Waals surface area (Å²) in [5.74, 6) is -0.390. The first-order valence-electron chi connectivity index (χ1n) is 5.55. The molecule has 3 N–H and O–H groups in total. The van der Waals surface area contributed by atoms with Crippen LogP contribution in [0.25, 0.3) is 0 Å². The molecule has 0 aliphatic carbocycles. The first-order valence-corrected chi connectivity index (χ1v) is 5.93. The van der Waals surface area contributed by atoms with E-state index in [0.717, 1.165) is 11.1 Å². The maximum Gasteiger partial charge on any atom is 0.305 e. The summed E-state index contributed by atoms with van der Waals surface area (Å²) in [6.07, 6.45) is -0.191. The fraction of sp³-hybridized carbons (Fsp3) is 0.462. The maximum atomic E-state index is 10.9. The fourth-order valence-electron chi connectivity index (χ4n) is 2.20. The van der Waals surface area contributed by atoms with E-state index in [1.807, 2.05) is 13.8 Å². The number of carboxylic acid groups (broad SMARTS) is 1. The summed E-state index contributed by atoms with van der Waals surface area (Å²) < 4.78 is 5.30. The minimum absolute atomic E-state index is 0.191. The van der Waals surface area contributed by atoms with Crippen LogP contribution < -0.4 is 10.5 Å². The van der Waals surface area contributed by atoms with Crippen molar-refractivity contribution in [3.63, 3.8) is 0 Å². The summed E-state index contributed by atoms with van der Waals surface area (Å²) in [6.45, 7) is 5.35. The van der Waals surface area contributed by atoms with Gasteiger partial charge in [0.05, 0.1) is 19.1 Å². The quantitative estimate of drug-likeness (QED) is 0.883. The molecule has 1 aromatic carbocycles. The Kier molecular flexibility index (Phi) is 4.24. The van der Waals surface area contributed by atoms with Gasteiger partial charge < -0.3 is 15.6 Å². The third-order valence-electron chi connectivity index (χ3n) is 2.95. The highest BCUT2D eigenvalue weighted by molar-refractivity contribution is 6.32. The number of aryl methyl sites for hydroxylation is 1. The minimum Gasteiger partial charge on any atom is -0.496 e. The first kappa shape index (κ1) is 14.8. The van der Waals surface area contributed by atoms with Gasteiger partial charge in [-0.2, -0.15) is 0 Å². The van der Waals surface area contributed by atoms with Crippen molar-refractivity contribution in [1.82, 2.24) is 0 Å². The second-order valence-corrected chi connectivity index (χ2v) is 5.08. The summed E-state index contributed by atoms with van der Waals surface area (Å²) in [6, 6.07) is 1.78. The summed E-state index contributed by atoms with van der Waals surface area (Å²) >= 11 is 6.20. The van der Waals surface area contributed by atoms with Crippen LogP contribution in [-0.4, -0.2) is 18.2 Å². The molecule has 1 atom stereocenters. The lowest BCUT2D eigenvalue weighted by Gasteiger charge is -2.28. The molecule has 0 bridgehead atoms. The van der Waals surface area contributed by atoms with Crippen molar-refractivity contribution in [2.45, 2.75) is 32.7 Å². The smallest absolute Gasteiger partial charge is 0.305 e. The molecular formula is C13H18ClNO3. The lowest BCUT2D eigenvalue weighted by atomic mass is 9.85. The van der Waals surface area contributed by atoms with E-state index in [9.17, 15) is 4.79 Å². The highest BCUT2D eigenvalue weighted by atomic mass is 35.5. The van der Waals surface area contributed by atoms with E-state index in [0.29, 0.717) is 16.3 Å². The zero-order chi connectivity index (χ0) is 14.1. The van der Waals surface area contributed by atoms with Gasteiger partial charge in [0.1, 0.15) is 5.75 Å². The predicted octanol–water partition coefficient (Wildman–Crippen LogP) is 2.61. The second-order valence-electron chi connectivity index (χ2n) is 4.70. The number of ether oxygens (including phenoxy) is 1. The first-order chi connectivity index (χ1) is 8.20. The Morgan fingerprint density at radius 2 is 2.11 bits per heavy atom. The molecule has 0 aliphatic heterocycles. The number of benzene rings is 1. The molecule has 5 heteroatoms. The highest BCUT2D eigenvalue weighted by Crippen LogP contribution is 2.38. The zero-order valence-electron chi connectivity index (χ0n) is 11.0. The van der Waals surface area contributed by atoms with Crippen molar-refractivity contribution in [2.24, 2.45) is 5.73 Å². The molecule has 0 fully saturated rings. The van der Waals surface area contributed by atoms with Crippen LogP contribution in [0.2, 0.25) is 5.02 Å². The summed E-state index contributed by atoms with van der Waals surface area (Å²) in [7, 11) is 1.53. The molecule has 0 amide bonds. The van der Waals surface area contributed by atoms with E-state index in [-0.39, 0.29) is 6.42 Å². The van der Waals surface area contributed by atoms with Crippen LogP contribution in [0.5, 0.6) is 5.75 Å². The lowest BCUT2D eigenvalue weighted by molar-refractivity contribution is -0.138. The van der Waals surface area contributed by atoms with Gasteiger partial charge >= 0.3 is 5.97 Å². The molecule has 0 radical (unpaired) electrons. The Morgan fingerprint density at radius 1 is 1.56 bits per heavy atom. The van der Waals surface area contributed by atoms with E-state index in [4.69, 9.17) is 27.2 Å². The number of hydrogen-bond donors (Lipinski definition) is 2. The van der Waals surface area contributed by atoms with Gasteiger partial charge in [0.25, 0.3) is 0 Å². The number of hydrogen-bond acceptors (Lipinski definition) is 3. The van der Waals surface area contributed by atoms with E-state index in [2.05, 4.69) is 0 Å². The Morgan fingerprint density at radius 3 is 2.56 bits per heavy atom. The molecule has 1 aromatic rings. The number of aliphatic carboxylic acids is 1. The summed E-state index contributed by atoms with van der Waals surface area (Å²) in [5, 5.41) is 9.53. The molecule has 1 rings (SSSR count). The van der Waals surface area contributed by atoms with Crippen molar-refractivity contribution in [3.8, 4) is 5.75 Å². The number of rotatable bonds is 4. The van der Waals surface area contributed by atoms with Crippen LogP contribution in [0, 0.1) is 13.8 Å². The number of methoxy groups -OCH3 is 1. The van der Waals surface area contributed by atoms with Gasteiger partial charge in [-0.25, -0.2) is 0 Å². The SMILES string of the molecule is COc1cc(C)c(Cl)c(C)c1C(C)(N)CC(=O)O. The van der Waals surface area contributed by atoms with Crippen molar-refractivity contribution < 1.29 is 14.6 Å². The molecule has 0 spiro atoms. The Balaban J connectivity index is 3.47. The molecule has 18 heavy (non-hydrogen) atoms. The van der Waals surface area contributed by atoms with Crippen molar-refractivity contribution in [1.29, 1.82) is 0 Å². The molecule has 0 heterocycles. The van der Waals surface area contributed by atoms with Gasteiger partial charge in [0.15, 0.2) is 0 Å². The Labute approximate surface area is 112 Å². The fourth-order valence-corrected chi connectivity index (χ4v) is 2.34. The standard InChI is InChI=1S/C13H18ClNO3/c1-7-5-9(18-4)11(8(2)12(7)14)13(3,15)6-10(16)17/h5H,6,15H2,1-4H3,(H,16,17).